The van der Waals surface area contributed by atoms with Gasteiger partial charge in [0.1, 0.15) is 11.5 Å². The lowest BCUT2D eigenvalue weighted by molar-refractivity contribution is -0.141. The lowest BCUT2D eigenvalue weighted by atomic mass is 9.85. The molecule has 0 bridgehead atoms. The second kappa shape index (κ2) is 10.9. The molecule has 4 aromatic rings. The zero-order valence-electron chi connectivity index (χ0n) is 21.1. The van der Waals surface area contributed by atoms with Crippen LogP contribution in [0.5, 0.6) is 0 Å². The van der Waals surface area contributed by atoms with Crippen molar-refractivity contribution in [2.45, 2.75) is 37.5 Å². The Morgan fingerprint density at radius 2 is 1.80 bits per heavy atom. The van der Waals surface area contributed by atoms with Crippen molar-refractivity contribution < 1.29 is 27.5 Å². The van der Waals surface area contributed by atoms with Crippen LogP contribution in [0.4, 0.5) is 23.2 Å². The quantitative estimate of drug-likeness (QED) is 0.248. The summed E-state index contributed by atoms with van der Waals surface area (Å²) in [5.74, 6) is -1.88. The van der Waals surface area contributed by atoms with E-state index in [4.69, 9.17) is 0 Å². The summed E-state index contributed by atoms with van der Waals surface area (Å²) >= 11 is 0. The average Bonchev–Trinajstić information content (AvgIpc) is 3.70. The summed E-state index contributed by atoms with van der Waals surface area (Å²) in [4.78, 5) is 13.3. The fourth-order valence-corrected chi connectivity index (χ4v) is 4.69. The molecule has 1 saturated carbocycles. The number of nitrogens with one attached hydrogen (secondary N) is 1. The van der Waals surface area contributed by atoms with E-state index in [0.717, 1.165) is 23.1 Å². The number of nitriles is 1. The highest BCUT2D eigenvalue weighted by atomic mass is 19.4. The van der Waals surface area contributed by atoms with Crippen molar-refractivity contribution in [3.63, 3.8) is 0 Å². The van der Waals surface area contributed by atoms with Crippen molar-refractivity contribution in [3.05, 3.63) is 113 Å². The van der Waals surface area contributed by atoms with Gasteiger partial charge in [0.25, 0.3) is 5.91 Å². The summed E-state index contributed by atoms with van der Waals surface area (Å²) in [6, 6.07) is 21.6. The normalized spacial score (nSPS) is 14.8. The van der Waals surface area contributed by atoms with Gasteiger partial charge in [0.05, 0.1) is 29.1 Å². The Kier molecular flexibility index (Phi) is 7.41. The van der Waals surface area contributed by atoms with Gasteiger partial charge in [-0.2, -0.15) is 23.5 Å². The maximum absolute atomic E-state index is 14.9. The van der Waals surface area contributed by atoms with Gasteiger partial charge in [-0.05, 0) is 66.6 Å². The van der Waals surface area contributed by atoms with E-state index >= 15 is 0 Å². The molecule has 10 heteroatoms. The van der Waals surface area contributed by atoms with Crippen molar-refractivity contribution in [3.8, 4) is 11.8 Å². The van der Waals surface area contributed by atoms with Crippen LogP contribution in [0.25, 0.3) is 5.69 Å². The Labute approximate surface area is 227 Å². The molecule has 0 aliphatic heterocycles. The number of nitrogens with zero attached hydrogens (tertiary/aromatic N) is 3. The fraction of sp³-hybridized carbons (Fsp3) is 0.233. The van der Waals surface area contributed by atoms with Crippen LogP contribution < -0.4 is 5.32 Å². The Hall–Kier alpha value is -4.49. The maximum atomic E-state index is 14.9. The third kappa shape index (κ3) is 5.90. The largest absolute Gasteiger partial charge is 0.435 e. The number of anilines is 1. The van der Waals surface area contributed by atoms with Crippen LogP contribution >= 0.6 is 0 Å². The highest BCUT2D eigenvalue weighted by molar-refractivity contribution is 6.03. The van der Waals surface area contributed by atoms with E-state index in [-0.39, 0.29) is 28.8 Å². The fourth-order valence-electron chi connectivity index (χ4n) is 4.69. The number of rotatable bonds is 8. The van der Waals surface area contributed by atoms with Crippen LogP contribution in [0, 0.1) is 23.1 Å². The van der Waals surface area contributed by atoms with Crippen molar-refractivity contribution in [1.82, 2.24) is 9.78 Å². The van der Waals surface area contributed by atoms with Gasteiger partial charge in [-0.3, -0.25) is 4.79 Å². The van der Waals surface area contributed by atoms with Gasteiger partial charge in [0, 0.05) is 12.0 Å². The van der Waals surface area contributed by atoms with Crippen LogP contribution in [0.3, 0.4) is 0 Å². The molecular weight excluding hydrogens is 524 g/mol. The van der Waals surface area contributed by atoms with Crippen LogP contribution in [0.1, 0.15) is 58.1 Å². The van der Waals surface area contributed by atoms with Crippen molar-refractivity contribution >= 4 is 11.6 Å². The highest BCUT2D eigenvalue weighted by Gasteiger charge is 2.36. The minimum atomic E-state index is -4.84. The van der Waals surface area contributed by atoms with E-state index in [1.54, 1.807) is 6.07 Å². The van der Waals surface area contributed by atoms with Gasteiger partial charge in [0.2, 0.25) is 0 Å². The minimum absolute atomic E-state index is 0.0622. The number of benzene rings is 3. The number of aliphatic hydroxyl groups is 1. The van der Waals surface area contributed by atoms with E-state index in [2.05, 4.69) is 10.4 Å². The van der Waals surface area contributed by atoms with Gasteiger partial charge < -0.3 is 10.4 Å². The smallest absolute Gasteiger partial charge is 0.393 e. The second-order valence-corrected chi connectivity index (χ2v) is 9.78. The topological polar surface area (TPSA) is 90.9 Å². The van der Waals surface area contributed by atoms with E-state index < -0.39 is 35.4 Å². The highest BCUT2D eigenvalue weighted by Crippen LogP contribution is 2.40. The first-order chi connectivity index (χ1) is 19.1. The van der Waals surface area contributed by atoms with Gasteiger partial charge in [-0.1, -0.05) is 42.5 Å². The number of aromatic nitrogens is 2. The maximum Gasteiger partial charge on any atom is 0.435 e. The molecule has 2 atom stereocenters. The molecule has 204 valence electrons. The molecule has 1 aromatic heterocycles. The molecule has 0 spiro atoms. The molecule has 0 radical (unpaired) electrons. The molecule has 1 aliphatic rings. The first-order valence-corrected chi connectivity index (χ1v) is 12.7. The first-order valence-electron chi connectivity index (χ1n) is 12.7. The summed E-state index contributed by atoms with van der Waals surface area (Å²) in [5.41, 5.74) is -0.274. The van der Waals surface area contributed by atoms with E-state index in [0.29, 0.717) is 18.1 Å². The Morgan fingerprint density at radius 3 is 2.48 bits per heavy atom. The predicted molar refractivity (Wildman–Crippen MR) is 139 cm³/mol. The standard InChI is InChI=1S/C30H24F4N4O2/c31-24-12-11-21(23(15-27(39)20-9-10-20)19-6-2-1-3-7-19)14-25(24)36-29(40)26-16-28(30(32,33)34)37-38(26)22-8-4-5-18(13-22)17-35/h1-8,11-14,16,20,23,27,39H,9-10,15H2,(H,36,40). The van der Waals surface area contributed by atoms with Crippen molar-refractivity contribution in [2.75, 3.05) is 5.32 Å². The molecule has 6 nitrogen and oxygen atoms in total. The second-order valence-electron chi connectivity index (χ2n) is 9.78. The number of halogens is 4. The Bertz CT molecular complexity index is 1570. The number of hydrogen-bond donors (Lipinski definition) is 2. The predicted octanol–water partition coefficient (Wildman–Crippen LogP) is 6.45. The zero-order valence-corrected chi connectivity index (χ0v) is 21.1. The van der Waals surface area contributed by atoms with Gasteiger partial charge in [-0.15, -0.1) is 0 Å². The minimum Gasteiger partial charge on any atom is -0.393 e. The molecule has 1 heterocycles. The number of carbonyl (C=O) groups is 1. The Balaban J connectivity index is 1.50. The summed E-state index contributed by atoms with van der Waals surface area (Å²) < 4.78 is 56.3. The molecule has 0 saturated heterocycles. The van der Waals surface area contributed by atoms with Crippen molar-refractivity contribution in [1.29, 1.82) is 5.26 Å². The molecule has 40 heavy (non-hydrogen) atoms. The number of carbonyl (C=O) groups excluding carboxylic acids is 1. The molecule has 1 amide bonds. The summed E-state index contributed by atoms with van der Waals surface area (Å²) in [7, 11) is 0. The number of amides is 1. The number of aliphatic hydroxyl groups excluding tert-OH is 1. The lowest BCUT2D eigenvalue weighted by Gasteiger charge is -2.22. The van der Waals surface area contributed by atoms with Gasteiger partial charge in [-0.25, -0.2) is 9.07 Å². The third-order valence-corrected chi connectivity index (χ3v) is 6.94. The van der Waals surface area contributed by atoms with E-state index in [1.165, 1.54) is 36.4 Å². The van der Waals surface area contributed by atoms with Crippen molar-refractivity contribution in [2.24, 2.45) is 5.92 Å². The van der Waals surface area contributed by atoms with Crippen LogP contribution in [-0.2, 0) is 6.18 Å². The summed E-state index contributed by atoms with van der Waals surface area (Å²) in [6.45, 7) is 0. The van der Waals surface area contributed by atoms with Crippen LogP contribution in [0.15, 0.2) is 78.9 Å². The molecule has 3 aromatic carbocycles. The zero-order chi connectivity index (χ0) is 28.4. The molecule has 5 rings (SSSR count). The number of alkyl halides is 3. The average molecular weight is 549 g/mol. The molecular formula is C30H24F4N4O2. The summed E-state index contributed by atoms with van der Waals surface area (Å²) in [5, 5.41) is 25.8. The lowest BCUT2D eigenvalue weighted by Crippen LogP contribution is -2.19. The summed E-state index contributed by atoms with van der Waals surface area (Å²) in [6.07, 6.45) is -3.11. The van der Waals surface area contributed by atoms with Crippen LogP contribution in [-0.4, -0.2) is 26.9 Å². The molecule has 2 N–H and O–H groups in total. The molecule has 1 fully saturated rings. The molecule has 2 unspecified atom stereocenters. The third-order valence-electron chi connectivity index (χ3n) is 6.94. The SMILES string of the molecule is N#Cc1cccc(-n2nc(C(F)(F)F)cc2C(=O)Nc2cc(C(CC(O)C3CC3)c3ccccc3)ccc2F)c1. The van der Waals surface area contributed by atoms with Gasteiger partial charge >= 0.3 is 6.18 Å². The monoisotopic (exact) mass is 548 g/mol. The van der Waals surface area contributed by atoms with Gasteiger partial charge in [0.15, 0.2) is 5.69 Å². The van der Waals surface area contributed by atoms with Crippen LogP contribution in [0.2, 0.25) is 0 Å². The van der Waals surface area contributed by atoms with E-state index in [1.807, 2.05) is 36.4 Å². The molecule has 1 aliphatic carbocycles. The Morgan fingerprint density at radius 1 is 1.05 bits per heavy atom. The van der Waals surface area contributed by atoms with E-state index in [9.17, 15) is 32.7 Å². The first kappa shape index (κ1) is 27.1. The number of hydrogen-bond acceptors (Lipinski definition) is 4.